The number of benzene rings is 2. The van der Waals surface area contributed by atoms with Gasteiger partial charge in [0.05, 0.1) is 5.92 Å². The standard InChI is InChI=1S/C16H13NO4/c18-12-8-14-13(20-5-6-21-14)7-10(12)15-9-3-1-2-4-11(9)17-16(15)19/h1-4,7-8,15,18H,5-6H2,(H,17,19)/t15-/m0/s1. The van der Waals surface area contributed by atoms with Crippen molar-refractivity contribution in [3.63, 3.8) is 0 Å². The highest BCUT2D eigenvalue weighted by Gasteiger charge is 2.34. The number of fused-ring (bicyclic) bond motifs is 2. The zero-order valence-electron chi connectivity index (χ0n) is 11.1. The minimum Gasteiger partial charge on any atom is -0.507 e. The lowest BCUT2D eigenvalue weighted by Crippen LogP contribution is -2.17. The zero-order valence-corrected chi connectivity index (χ0v) is 11.1. The van der Waals surface area contributed by atoms with E-state index in [4.69, 9.17) is 9.47 Å². The number of ether oxygens (including phenoxy) is 2. The average Bonchev–Trinajstić information content (AvgIpc) is 2.82. The van der Waals surface area contributed by atoms with Gasteiger partial charge in [-0.25, -0.2) is 0 Å². The molecule has 1 amide bonds. The highest BCUT2D eigenvalue weighted by molar-refractivity contribution is 6.05. The second kappa shape index (κ2) is 4.41. The van der Waals surface area contributed by atoms with Crippen LogP contribution in [-0.4, -0.2) is 24.2 Å². The van der Waals surface area contributed by atoms with Gasteiger partial charge < -0.3 is 19.9 Å². The summed E-state index contributed by atoms with van der Waals surface area (Å²) in [5.41, 5.74) is 2.16. The summed E-state index contributed by atoms with van der Waals surface area (Å²) in [5, 5.41) is 13.1. The van der Waals surface area contributed by atoms with Crippen LogP contribution in [0.1, 0.15) is 17.0 Å². The van der Waals surface area contributed by atoms with Gasteiger partial charge in [0.1, 0.15) is 19.0 Å². The quantitative estimate of drug-likeness (QED) is 0.842. The molecule has 0 saturated carbocycles. The number of para-hydroxylation sites is 1. The Balaban J connectivity index is 1.85. The first kappa shape index (κ1) is 12.1. The molecule has 5 nitrogen and oxygen atoms in total. The van der Waals surface area contributed by atoms with Gasteiger partial charge in [-0.3, -0.25) is 4.79 Å². The molecule has 0 bridgehead atoms. The Kier molecular flexibility index (Phi) is 2.54. The lowest BCUT2D eigenvalue weighted by Gasteiger charge is -2.21. The van der Waals surface area contributed by atoms with E-state index in [-0.39, 0.29) is 11.7 Å². The van der Waals surface area contributed by atoms with E-state index in [1.54, 1.807) is 6.07 Å². The molecule has 0 unspecified atom stereocenters. The van der Waals surface area contributed by atoms with Crippen LogP contribution in [-0.2, 0) is 4.79 Å². The van der Waals surface area contributed by atoms with Crippen LogP contribution in [0.4, 0.5) is 5.69 Å². The summed E-state index contributed by atoms with van der Waals surface area (Å²) in [6.07, 6.45) is 0. The van der Waals surface area contributed by atoms with Crippen LogP contribution >= 0.6 is 0 Å². The first-order valence-corrected chi connectivity index (χ1v) is 6.76. The molecule has 2 aliphatic heterocycles. The summed E-state index contributed by atoms with van der Waals surface area (Å²) < 4.78 is 11.0. The molecule has 2 aromatic rings. The molecule has 0 aliphatic carbocycles. The van der Waals surface area contributed by atoms with Crippen molar-refractivity contribution in [1.82, 2.24) is 0 Å². The molecule has 2 N–H and O–H groups in total. The van der Waals surface area contributed by atoms with Crippen molar-refractivity contribution in [2.45, 2.75) is 5.92 Å². The SMILES string of the molecule is O=C1Nc2ccccc2[C@H]1c1cc2c(cc1O)OCCO2. The third-order valence-electron chi connectivity index (χ3n) is 3.79. The number of carbonyl (C=O) groups excluding carboxylic acids is 1. The smallest absolute Gasteiger partial charge is 0.236 e. The van der Waals surface area contributed by atoms with Crippen LogP contribution in [0.15, 0.2) is 36.4 Å². The summed E-state index contributed by atoms with van der Waals surface area (Å²) in [7, 11) is 0. The third-order valence-corrected chi connectivity index (χ3v) is 3.79. The van der Waals surface area contributed by atoms with Gasteiger partial charge in [0.2, 0.25) is 5.91 Å². The largest absolute Gasteiger partial charge is 0.507 e. The minimum absolute atomic E-state index is 0.0381. The second-order valence-electron chi connectivity index (χ2n) is 5.06. The molecular weight excluding hydrogens is 270 g/mol. The normalized spacial score (nSPS) is 19.0. The van der Waals surface area contributed by atoms with Crippen molar-refractivity contribution in [3.8, 4) is 17.2 Å². The van der Waals surface area contributed by atoms with Crippen molar-refractivity contribution in [2.24, 2.45) is 0 Å². The van der Waals surface area contributed by atoms with E-state index in [1.165, 1.54) is 6.07 Å². The molecule has 0 radical (unpaired) electrons. The van der Waals surface area contributed by atoms with Crippen molar-refractivity contribution in [1.29, 1.82) is 0 Å². The van der Waals surface area contributed by atoms with Gasteiger partial charge in [0.15, 0.2) is 11.5 Å². The van der Waals surface area contributed by atoms with Gasteiger partial charge in [0, 0.05) is 17.3 Å². The maximum absolute atomic E-state index is 12.3. The molecule has 2 aromatic carbocycles. The monoisotopic (exact) mass is 283 g/mol. The molecule has 1 atom stereocenters. The third kappa shape index (κ3) is 1.81. The predicted octanol–water partition coefficient (Wildman–Crippen LogP) is 2.25. The highest BCUT2D eigenvalue weighted by Crippen LogP contribution is 2.44. The Bertz CT molecular complexity index is 741. The number of phenols is 1. The Morgan fingerprint density at radius 1 is 1.05 bits per heavy atom. The fourth-order valence-corrected chi connectivity index (χ4v) is 2.84. The van der Waals surface area contributed by atoms with Gasteiger partial charge in [-0.15, -0.1) is 0 Å². The van der Waals surface area contributed by atoms with Crippen LogP contribution in [0.2, 0.25) is 0 Å². The van der Waals surface area contributed by atoms with Gasteiger partial charge in [-0.1, -0.05) is 18.2 Å². The maximum atomic E-state index is 12.3. The van der Waals surface area contributed by atoms with E-state index in [9.17, 15) is 9.90 Å². The second-order valence-corrected chi connectivity index (χ2v) is 5.06. The van der Waals surface area contributed by atoms with Crippen molar-refractivity contribution >= 4 is 11.6 Å². The van der Waals surface area contributed by atoms with Crippen molar-refractivity contribution in [3.05, 3.63) is 47.5 Å². The van der Waals surface area contributed by atoms with Crippen molar-refractivity contribution < 1.29 is 19.4 Å². The fourth-order valence-electron chi connectivity index (χ4n) is 2.84. The summed E-state index contributed by atoms with van der Waals surface area (Å²) >= 11 is 0. The summed E-state index contributed by atoms with van der Waals surface area (Å²) in [6, 6.07) is 10.7. The van der Waals surface area contributed by atoms with Gasteiger partial charge in [0.25, 0.3) is 0 Å². The zero-order chi connectivity index (χ0) is 14.4. The summed E-state index contributed by atoms with van der Waals surface area (Å²) in [6.45, 7) is 0.920. The van der Waals surface area contributed by atoms with Crippen molar-refractivity contribution in [2.75, 3.05) is 18.5 Å². The minimum atomic E-state index is -0.531. The molecule has 0 spiro atoms. The lowest BCUT2D eigenvalue weighted by atomic mass is 9.91. The maximum Gasteiger partial charge on any atom is 0.236 e. The molecule has 21 heavy (non-hydrogen) atoms. The Morgan fingerprint density at radius 3 is 2.57 bits per heavy atom. The average molecular weight is 283 g/mol. The number of aromatic hydroxyl groups is 1. The molecule has 2 aliphatic rings. The Labute approximate surface area is 121 Å². The van der Waals surface area contributed by atoms with E-state index in [0.29, 0.717) is 30.3 Å². The number of nitrogens with one attached hydrogen (secondary N) is 1. The summed E-state index contributed by atoms with van der Waals surface area (Å²) in [4.78, 5) is 12.3. The topological polar surface area (TPSA) is 67.8 Å². The number of phenolic OH excluding ortho intramolecular Hbond substituents is 1. The van der Waals surface area contributed by atoms with Crippen LogP contribution in [0.5, 0.6) is 17.2 Å². The van der Waals surface area contributed by atoms with Crippen LogP contribution < -0.4 is 14.8 Å². The molecule has 106 valence electrons. The molecular formula is C16H13NO4. The van der Waals surface area contributed by atoms with Crippen LogP contribution in [0.25, 0.3) is 0 Å². The van der Waals surface area contributed by atoms with E-state index >= 15 is 0 Å². The number of carbonyl (C=O) groups is 1. The van der Waals surface area contributed by atoms with Gasteiger partial charge >= 0.3 is 0 Å². The summed E-state index contributed by atoms with van der Waals surface area (Å²) in [5.74, 6) is 0.428. The first-order valence-electron chi connectivity index (χ1n) is 6.76. The van der Waals surface area contributed by atoms with E-state index in [1.807, 2.05) is 24.3 Å². The molecule has 5 heteroatoms. The van der Waals surface area contributed by atoms with Gasteiger partial charge in [-0.2, -0.15) is 0 Å². The first-order chi connectivity index (χ1) is 10.2. The molecule has 0 fully saturated rings. The lowest BCUT2D eigenvalue weighted by molar-refractivity contribution is -0.116. The number of hydrogen-bond donors (Lipinski definition) is 2. The van der Waals surface area contributed by atoms with Gasteiger partial charge in [-0.05, 0) is 17.7 Å². The van der Waals surface area contributed by atoms with Crippen LogP contribution in [0.3, 0.4) is 0 Å². The Hall–Kier alpha value is -2.69. The number of amides is 1. The number of anilines is 1. The number of rotatable bonds is 1. The molecule has 4 rings (SSSR count). The number of hydrogen-bond acceptors (Lipinski definition) is 4. The Morgan fingerprint density at radius 2 is 1.76 bits per heavy atom. The predicted molar refractivity (Wildman–Crippen MR) is 76.0 cm³/mol. The van der Waals surface area contributed by atoms with E-state index in [0.717, 1.165) is 11.3 Å². The molecule has 0 aromatic heterocycles. The van der Waals surface area contributed by atoms with E-state index < -0.39 is 5.92 Å². The van der Waals surface area contributed by atoms with E-state index in [2.05, 4.69) is 5.32 Å². The van der Waals surface area contributed by atoms with Crippen LogP contribution in [0, 0.1) is 0 Å². The molecule has 2 heterocycles. The fraction of sp³-hybridized carbons (Fsp3) is 0.188. The molecule has 0 saturated heterocycles. The highest BCUT2D eigenvalue weighted by atomic mass is 16.6.